The highest BCUT2D eigenvalue weighted by atomic mass is 32.2. The van der Waals surface area contributed by atoms with Crippen molar-refractivity contribution in [3.05, 3.63) is 65.5 Å². The third-order valence-corrected chi connectivity index (χ3v) is 9.92. The van der Waals surface area contributed by atoms with Gasteiger partial charge in [-0.15, -0.1) is 0 Å². The van der Waals surface area contributed by atoms with Gasteiger partial charge in [0.2, 0.25) is 15.9 Å². The molecule has 1 saturated heterocycles. The quantitative estimate of drug-likeness (QED) is 0.462. The monoisotopic (exact) mass is 554 g/mol. The highest BCUT2D eigenvalue weighted by Crippen LogP contribution is 2.29. The molecule has 7 nitrogen and oxygen atoms in total. The normalized spacial score (nSPS) is 18.3. The van der Waals surface area contributed by atoms with E-state index in [0.29, 0.717) is 11.3 Å². The number of amides is 1. The van der Waals surface area contributed by atoms with Crippen LogP contribution in [0.15, 0.2) is 48.5 Å². The summed E-state index contributed by atoms with van der Waals surface area (Å²) in [6.07, 6.45) is 6.96. The molecule has 1 saturated carbocycles. The van der Waals surface area contributed by atoms with Gasteiger partial charge in [-0.3, -0.25) is 14.0 Å². The van der Waals surface area contributed by atoms with Crippen LogP contribution >= 0.6 is 0 Å². The average molecular weight is 555 g/mol. The molecule has 9 heteroatoms. The number of nitriles is 1. The molecule has 2 aromatic rings. The van der Waals surface area contributed by atoms with Gasteiger partial charge < -0.3 is 5.32 Å². The molecule has 1 N–H and O–H groups in total. The first-order valence-electron chi connectivity index (χ1n) is 14.0. The minimum atomic E-state index is -3.62. The third-order valence-electron chi connectivity index (χ3n) is 8.00. The van der Waals surface area contributed by atoms with Crippen LogP contribution in [0.4, 0.5) is 10.1 Å². The van der Waals surface area contributed by atoms with Crippen molar-refractivity contribution in [2.24, 2.45) is 5.92 Å². The highest BCUT2D eigenvalue weighted by molar-refractivity contribution is 7.92. The summed E-state index contributed by atoms with van der Waals surface area (Å²) in [6, 6.07) is 15.0. The summed E-state index contributed by atoms with van der Waals surface area (Å²) in [4.78, 5) is 14.8. The van der Waals surface area contributed by atoms with Gasteiger partial charge in [-0.25, -0.2) is 12.8 Å². The van der Waals surface area contributed by atoms with Crippen LogP contribution < -0.4 is 9.62 Å². The maximum Gasteiger partial charge on any atom is 0.235 e. The van der Waals surface area contributed by atoms with E-state index in [1.54, 1.807) is 36.4 Å². The molecule has 0 bridgehead atoms. The molecule has 1 amide bonds. The van der Waals surface area contributed by atoms with E-state index in [0.717, 1.165) is 63.6 Å². The fourth-order valence-electron chi connectivity index (χ4n) is 5.75. The zero-order chi connectivity index (χ0) is 27.8. The van der Waals surface area contributed by atoms with E-state index in [9.17, 15) is 17.6 Å². The molecule has 1 heterocycles. The Morgan fingerprint density at radius 2 is 1.79 bits per heavy atom. The Balaban J connectivity index is 1.34. The molecule has 39 heavy (non-hydrogen) atoms. The molecule has 210 valence electrons. The van der Waals surface area contributed by atoms with Crippen molar-refractivity contribution in [3.63, 3.8) is 0 Å². The lowest BCUT2D eigenvalue weighted by molar-refractivity contribution is -0.121. The SMILES string of the molecule is C[C@@H](CN(c1cccc(F)c1)S(=O)(=O)CC1CCCCC1)N1CCC(NC(=O)Cc2ccc(C#N)cc2)CC1. The first-order valence-corrected chi connectivity index (χ1v) is 15.6. The van der Waals surface area contributed by atoms with Crippen LogP contribution in [0.2, 0.25) is 0 Å². The number of piperidine rings is 1. The van der Waals surface area contributed by atoms with Crippen molar-refractivity contribution in [1.82, 2.24) is 10.2 Å². The molecule has 1 aliphatic carbocycles. The summed E-state index contributed by atoms with van der Waals surface area (Å²) in [5.41, 5.74) is 1.81. The van der Waals surface area contributed by atoms with Crippen LogP contribution in [-0.4, -0.2) is 56.7 Å². The zero-order valence-corrected chi connectivity index (χ0v) is 23.5. The van der Waals surface area contributed by atoms with Gasteiger partial charge in [0.05, 0.1) is 29.5 Å². The van der Waals surface area contributed by atoms with Crippen molar-refractivity contribution < 1.29 is 17.6 Å². The molecule has 1 aliphatic heterocycles. The topological polar surface area (TPSA) is 93.5 Å². The number of carbonyl (C=O) groups is 1. The van der Waals surface area contributed by atoms with Crippen molar-refractivity contribution in [1.29, 1.82) is 5.26 Å². The molecule has 0 aromatic heterocycles. The average Bonchev–Trinajstić information content (AvgIpc) is 2.92. The minimum absolute atomic E-state index is 0.0442. The number of nitrogens with zero attached hydrogens (tertiary/aromatic N) is 3. The maximum absolute atomic E-state index is 14.1. The van der Waals surface area contributed by atoms with Gasteiger partial charge in [-0.2, -0.15) is 5.26 Å². The molecule has 4 rings (SSSR count). The summed E-state index contributed by atoms with van der Waals surface area (Å²) in [7, 11) is -3.62. The van der Waals surface area contributed by atoms with Crippen molar-refractivity contribution in [2.45, 2.75) is 70.4 Å². The number of halogens is 1. The number of carbonyl (C=O) groups excluding carboxylic acids is 1. The van der Waals surface area contributed by atoms with Crippen LogP contribution in [-0.2, 0) is 21.2 Å². The van der Waals surface area contributed by atoms with Gasteiger partial charge in [-0.05, 0) is 74.4 Å². The van der Waals surface area contributed by atoms with Gasteiger partial charge in [0.25, 0.3) is 0 Å². The zero-order valence-electron chi connectivity index (χ0n) is 22.7. The fourth-order valence-corrected chi connectivity index (χ4v) is 7.74. The first-order chi connectivity index (χ1) is 18.7. The molecule has 2 aromatic carbocycles. The number of hydrogen-bond donors (Lipinski definition) is 1. The van der Waals surface area contributed by atoms with Gasteiger partial charge in [0.1, 0.15) is 5.82 Å². The third kappa shape index (κ3) is 8.26. The molecular formula is C30H39FN4O3S. The second-order valence-electron chi connectivity index (χ2n) is 11.0. The van der Waals surface area contributed by atoms with Crippen LogP contribution in [0.5, 0.6) is 0 Å². The number of likely N-dealkylation sites (tertiary alicyclic amines) is 1. The molecule has 0 unspecified atom stereocenters. The Hall–Kier alpha value is -2.96. The molecule has 2 aliphatic rings. The minimum Gasteiger partial charge on any atom is -0.353 e. The lowest BCUT2D eigenvalue weighted by atomic mass is 9.91. The van der Waals surface area contributed by atoms with Crippen LogP contribution in [0.1, 0.15) is 63.0 Å². The standard InChI is InChI=1S/C30H39FN4O3S/c1-23(34-16-14-28(15-17-34)33-30(36)18-24-10-12-25(20-32)13-11-24)21-35(29-9-5-8-27(31)19-29)39(37,38)22-26-6-3-2-4-7-26/h5,8-13,19,23,26,28H,2-4,6-7,14-18,21-22H2,1H3,(H,33,36)/t23-/m0/s1. The Labute approximate surface area is 232 Å². The van der Waals surface area contributed by atoms with E-state index in [4.69, 9.17) is 5.26 Å². The van der Waals surface area contributed by atoms with Crippen molar-refractivity contribution in [3.8, 4) is 6.07 Å². The second-order valence-corrected chi connectivity index (χ2v) is 12.9. The van der Waals surface area contributed by atoms with E-state index in [1.807, 2.05) is 6.92 Å². The summed E-state index contributed by atoms with van der Waals surface area (Å²) in [5, 5.41) is 12.0. The maximum atomic E-state index is 14.1. The fraction of sp³-hybridized carbons (Fsp3) is 0.533. The van der Waals surface area contributed by atoms with Crippen molar-refractivity contribution >= 4 is 21.6 Å². The Kier molecular flexibility index (Phi) is 9.98. The van der Waals surface area contributed by atoms with Crippen LogP contribution in [0, 0.1) is 23.1 Å². The molecule has 0 spiro atoms. The van der Waals surface area contributed by atoms with E-state index in [-0.39, 0.29) is 42.6 Å². The summed E-state index contributed by atoms with van der Waals surface area (Å²) >= 11 is 0. The Morgan fingerprint density at radius 1 is 1.10 bits per heavy atom. The van der Waals surface area contributed by atoms with E-state index < -0.39 is 15.8 Å². The smallest absolute Gasteiger partial charge is 0.235 e. The molecule has 2 fully saturated rings. The van der Waals surface area contributed by atoms with Gasteiger partial charge in [0.15, 0.2) is 0 Å². The first kappa shape index (κ1) is 29.0. The van der Waals surface area contributed by atoms with Crippen molar-refractivity contribution in [2.75, 3.05) is 29.7 Å². The summed E-state index contributed by atoms with van der Waals surface area (Å²) < 4.78 is 42.7. The predicted molar refractivity (Wildman–Crippen MR) is 151 cm³/mol. The Bertz CT molecular complexity index is 1250. The second kappa shape index (κ2) is 13.4. The van der Waals surface area contributed by atoms with E-state index >= 15 is 0 Å². The van der Waals surface area contributed by atoms with Crippen LogP contribution in [0.25, 0.3) is 0 Å². The predicted octanol–water partition coefficient (Wildman–Crippen LogP) is 4.63. The molecule has 1 atom stereocenters. The number of nitrogens with one attached hydrogen (secondary N) is 1. The lowest BCUT2D eigenvalue weighted by Crippen LogP contribution is -2.51. The number of sulfonamides is 1. The van der Waals surface area contributed by atoms with Gasteiger partial charge >= 0.3 is 0 Å². The molecular weight excluding hydrogens is 515 g/mol. The van der Waals surface area contributed by atoms with E-state index in [1.165, 1.54) is 16.4 Å². The summed E-state index contributed by atoms with van der Waals surface area (Å²) in [6.45, 7) is 3.76. The number of benzene rings is 2. The molecule has 0 radical (unpaired) electrons. The lowest BCUT2D eigenvalue weighted by Gasteiger charge is -2.39. The largest absolute Gasteiger partial charge is 0.353 e. The number of rotatable bonds is 10. The number of anilines is 1. The highest BCUT2D eigenvalue weighted by Gasteiger charge is 2.31. The number of hydrogen-bond acceptors (Lipinski definition) is 5. The van der Waals surface area contributed by atoms with Gasteiger partial charge in [0, 0.05) is 31.7 Å². The summed E-state index contributed by atoms with van der Waals surface area (Å²) in [5.74, 6) is -0.240. The van der Waals surface area contributed by atoms with Gasteiger partial charge in [-0.1, -0.05) is 37.5 Å². The van der Waals surface area contributed by atoms with E-state index in [2.05, 4.69) is 16.3 Å². The van der Waals surface area contributed by atoms with Crippen LogP contribution in [0.3, 0.4) is 0 Å². The Morgan fingerprint density at radius 3 is 2.44 bits per heavy atom.